The Hall–Kier alpha value is -4.28. The van der Waals surface area contributed by atoms with Gasteiger partial charge in [-0.3, -0.25) is 19.2 Å². The second kappa shape index (κ2) is 10.4. The first kappa shape index (κ1) is 28.5. The van der Waals surface area contributed by atoms with Gasteiger partial charge in [0.2, 0.25) is 0 Å². The maximum Gasteiger partial charge on any atom is 0.339 e. The Kier molecular flexibility index (Phi) is 6.75. The number of rotatable bonds is 8. The molecule has 44 heavy (non-hydrogen) atoms. The number of hydrogen-bond donors (Lipinski definition) is 0. The molecule has 0 radical (unpaired) electrons. The fourth-order valence-corrected chi connectivity index (χ4v) is 8.14. The predicted molar refractivity (Wildman–Crippen MR) is 159 cm³/mol. The Morgan fingerprint density at radius 2 is 1.48 bits per heavy atom. The third kappa shape index (κ3) is 4.64. The van der Waals surface area contributed by atoms with Crippen molar-refractivity contribution in [3.05, 3.63) is 107 Å². The molecule has 3 fully saturated rings. The molecule has 0 aromatic heterocycles. The van der Waals surface area contributed by atoms with E-state index in [1.54, 1.807) is 24.3 Å². The average Bonchev–Trinajstić information content (AvgIpc) is 3.79. The Morgan fingerprint density at radius 3 is 2.07 bits per heavy atom. The Bertz CT molecular complexity index is 1820. The molecule has 3 aromatic rings. The smallest absolute Gasteiger partial charge is 0.339 e. The molecule has 3 amide bonds. The van der Waals surface area contributed by atoms with Gasteiger partial charge in [0.1, 0.15) is 17.2 Å². The van der Waals surface area contributed by atoms with Gasteiger partial charge >= 0.3 is 10.1 Å². The number of amides is 3. The first-order valence-corrected chi connectivity index (χ1v) is 16.1. The number of hydrogen-bond acceptors (Lipinski definition) is 7. The molecule has 1 aliphatic heterocycles. The van der Waals surface area contributed by atoms with Gasteiger partial charge in [0, 0.05) is 5.56 Å². The van der Waals surface area contributed by atoms with Gasteiger partial charge in [-0.05, 0) is 85.5 Å². The minimum atomic E-state index is -4.10. The number of imide groups is 1. The number of aryl methyl sites for hydroxylation is 1. The molecule has 1 heterocycles. The monoisotopic (exact) mass is 630 g/mol. The Morgan fingerprint density at radius 1 is 0.886 bits per heavy atom. The molecule has 1 saturated heterocycles. The largest absolute Gasteiger partial charge is 0.379 e. The number of allylic oxidation sites excluding steroid dienone is 2. The Balaban J connectivity index is 1.15. The normalized spacial score (nSPS) is 26.3. The van der Waals surface area contributed by atoms with Crippen molar-refractivity contribution in [2.45, 2.75) is 18.2 Å². The zero-order chi connectivity index (χ0) is 30.9. The fourth-order valence-electron chi connectivity index (χ4n) is 6.99. The predicted octanol–water partition coefficient (Wildman–Crippen LogP) is 4.71. The van der Waals surface area contributed by atoms with Crippen LogP contribution in [-0.4, -0.2) is 48.5 Å². The second-order valence-corrected chi connectivity index (χ2v) is 13.7. The number of nitrogens with zero attached hydrogens (tertiary/aromatic N) is 2. The van der Waals surface area contributed by atoms with Crippen LogP contribution in [0.25, 0.3) is 0 Å². The van der Waals surface area contributed by atoms with E-state index in [2.05, 4.69) is 0 Å². The van der Waals surface area contributed by atoms with E-state index < -0.39 is 52.0 Å². The summed E-state index contributed by atoms with van der Waals surface area (Å²) in [4.78, 5) is 55.1. The molecule has 224 valence electrons. The van der Waals surface area contributed by atoms with Crippen molar-refractivity contribution >= 4 is 45.2 Å². The number of hydrazine groups is 1. The molecule has 3 aromatic carbocycles. The van der Waals surface area contributed by atoms with Crippen LogP contribution in [0, 0.1) is 42.4 Å². The van der Waals surface area contributed by atoms with Crippen molar-refractivity contribution in [2.24, 2.45) is 35.5 Å². The van der Waals surface area contributed by atoms with E-state index in [1.807, 2.05) is 19.1 Å². The molecule has 0 N–H and O–H groups in total. The van der Waals surface area contributed by atoms with Crippen LogP contribution in [0.2, 0.25) is 5.02 Å². The molecule has 8 rings (SSSR count). The molecule has 5 aliphatic rings. The van der Waals surface area contributed by atoms with Gasteiger partial charge in [0.15, 0.2) is 5.78 Å². The number of carbonyl (C=O) groups is 4. The lowest BCUT2D eigenvalue weighted by Gasteiger charge is -2.37. The van der Waals surface area contributed by atoms with Gasteiger partial charge < -0.3 is 4.18 Å². The van der Waals surface area contributed by atoms with Crippen LogP contribution in [0.3, 0.4) is 0 Å². The van der Waals surface area contributed by atoms with E-state index in [4.69, 9.17) is 15.8 Å². The average molecular weight is 631 g/mol. The van der Waals surface area contributed by atoms with Crippen molar-refractivity contribution in [2.75, 3.05) is 6.54 Å². The van der Waals surface area contributed by atoms with Gasteiger partial charge in [-0.25, -0.2) is 5.01 Å². The summed E-state index contributed by atoms with van der Waals surface area (Å²) in [5.41, 5.74) is 1.07. The number of benzene rings is 3. The van der Waals surface area contributed by atoms with Crippen LogP contribution in [0.5, 0.6) is 5.75 Å². The Labute approximate surface area is 259 Å². The molecule has 0 spiro atoms. The maximum absolute atomic E-state index is 13.9. The quantitative estimate of drug-likeness (QED) is 0.153. The highest BCUT2D eigenvalue weighted by Crippen LogP contribution is 2.65. The second-order valence-electron chi connectivity index (χ2n) is 11.8. The van der Waals surface area contributed by atoms with Crippen LogP contribution in [0.1, 0.15) is 32.7 Å². The van der Waals surface area contributed by atoms with E-state index >= 15 is 0 Å². The molecule has 4 aliphatic carbocycles. The molecule has 6 atom stereocenters. The SMILES string of the molecule is Cc1ccc(S(=O)(=O)Oc2ccc(C(=O)CN(C(=O)c3ccccc3Cl)N3C(=O)[C@@H]4[C@H]5C=C[C@@H]([C@@H]6C[C@@H]56)[C@H]4C3=O)cc2)cc1. The van der Waals surface area contributed by atoms with Crippen LogP contribution < -0.4 is 4.18 Å². The van der Waals surface area contributed by atoms with Gasteiger partial charge in [0.25, 0.3) is 17.7 Å². The topological polar surface area (TPSA) is 118 Å². The highest BCUT2D eigenvalue weighted by Gasteiger charge is 2.68. The van der Waals surface area contributed by atoms with Crippen molar-refractivity contribution in [1.82, 2.24) is 10.0 Å². The first-order valence-electron chi connectivity index (χ1n) is 14.3. The first-order chi connectivity index (χ1) is 21.0. The lowest BCUT2D eigenvalue weighted by Crippen LogP contribution is -2.52. The van der Waals surface area contributed by atoms with Crippen LogP contribution in [-0.2, 0) is 19.7 Å². The lowest BCUT2D eigenvalue weighted by atomic mass is 9.63. The summed E-state index contributed by atoms with van der Waals surface area (Å²) in [5.74, 6) is -2.82. The lowest BCUT2D eigenvalue weighted by molar-refractivity contribution is -0.154. The molecule has 0 unspecified atom stereocenters. The van der Waals surface area contributed by atoms with Gasteiger partial charge in [0.05, 0.1) is 22.4 Å². The van der Waals surface area contributed by atoms with Crippen molar-refractivity contribution < 1.29 is 31.8 Å². The summed E-state index contributed by atoms with van der Waals surface area (Å²) < 4.78 is 30.6. The minimum Gasteiger partial charge on any atom is -0.379 e. The summed E-state index contributed by atoms with van der Waals surface area (Å²) in [6.07, 6.45) is 5.05. The van der Waals surface area contributed by atoms with E-state index in [1.165, 1.54) is 48.5 Å². The van der Waals surface area contributed by atoms with Gasteiger partial charge in [-0.2, -0.15) is 13.4 Å². The van der Waals surface area contributed by atoms with Crippen LogP contribution >= 0.6 is 11.6 Å². The number of carbonyl (C=O) groups excluding carboxylic acids is 4. The number of halogens is 1. The molecule has 2 bridgehead atoms. The van der Waals surface area contributed by atoms with E-state index in [0.29, 0.717) is 11.8 Å². The highest BCUT2D eigenvalue weighted by molar-refractivity contribution is 7.87. The molecule has 9 nitrogen and oxygen atoms in total. The van der Waals surface area contributed by atoms with E-state index in [-0.39, 0.29) is 38.6 Å². The number of Topliss-reactive ketones (excluding diaryl/α,β-unsaturated/α-hetero) is 1. The van der Waals surface area contributed by atoms with Gasteiger partial charge in [-0.15, -0.1) is 0 Å². The third-order valence-electron chi connectivity index (χ3n) is 9.20. The summed E-state index contributed by atoms with van der Waals surface area (Å²) in [6, 6.07) is 17.8. The molecular formula is C33H27ClN2O7S. The molecule has 2 saturated carbocycles. The van der Waals surface area contributed by atoms with Gasteiger partial charge in [-0.1, -0.05) is 53.6 Å². The maximum atomic E-state index is 13.9. The van der Waals surface area contributed by atoms with E-state index in [9.17, 15) is 27.6 Å². The molecular weight excluding hydrogens is 604 g/mol. The summed E-state index contributed by atoms with van der Waals surface area (Å²) >= 11 is 6.33. The minimum absolute atomic E-state index is 0.0124. The summed E-state index contributed by atoms with van der Waals surface area (Å²) in [7, 11) is -4.10. The highest BCUT2D eigenvalue weighted by atomic mass is 35.5. The summed E-state index contributed by atoms with van der Waals surface area (Å²) in [5, 5.41) is 1.89. The zero-order valence-electron chi connectivity index (χ0n) is 23.5. The third-order valence-corrected chi connectivity index (χ3v) is 10.8. The van der Waals surface area contributed by atoms with Crippen molar-refractivity contribution in [1.29, 1.82) is 0 Å². The zero-order valence-corrected chi connectivity index (χ0v) is 25.1. The fraction of sp³-hybridized carbons (Fsp3) is 0.273. The summed E-state index contributed by atoms with van der Waals surface area (Å²) in [6.45, 7) is 1.22. The van der Waals surface area contributed by atoms with E-state index in [0.717, 1.165) is 22.0 Å². The number of ketones is 1. The molecule has 11 heteroatoms. The standard InChI is InChI=1S/C33H27ClN2O7S/c1-18-6-12-21(13-7-18)44(41,42)43-20-10-8-19(9-11-20)28(37)17-35(31(38)24-4-2-3-5-27(24)34)36-32(39)29-22-14-15-23(26-16-25(22)26)30(29)33(36)40/h2-15,22-23,25-26,29-30H,16-17H2,1H3/t22-,23-,25-,26-,29+,30+/m0/s1. The van der Waals surface area contributed by atoms with Crippen LogP contribution in [0.15, 0.2) is 89.8 Å². The van der Waals surface area contributed by atoms with Crippen LogP contribution in [0.4, 0.5) is 0 Å². The van der Waals surface area contributed by atoms with Crippen molar-refractivity contribution in [3.63, 3.8) is 0 Å². The van der Waals surface area contributed by atoms with Crippen molar-refractivity contribution in [3.8, 4) is 5.75 Å².